The molecule has 0 saturated heterocycles. The van der Waals surface area contributed by atoms with Crippen molar-refractivity contribution in [2.75, 3.05) is 5.32 Å². The van der Waals surface area contributed by atoms with Gasteiger partial charge in [-0.2, -0.15) is 0 Å². The maximum Gasteiger partial charge on any atom is 0.0710 e. The van der Waals surface area contributed by atoms with Crippen LogP contribution in [0, 0.1) is 20.8 Å². The number of anilines is 1. The number of aromatic nitrogens is 1. The highest BCUT2D eigenvalue weighted by Crippen LogP contribution is 2.29. The normalized spacial score (nSPS) is 11.0. The number of hydrogen-bond donors (Lipinski definition) is 2. The lowest BCUT2D eigenvalue weighted by Crippen LogP contribution is -2.04. The highest BCUT2D eigenvalue weighted by Gasteiger charge is 2.10. The van der Waals surface area contributed by atoms with Crippen LogP contribution in [0.15, 0.2) is 36.4 Å². The summed E-state index contributed by atoms with van der Waals surface area (Å²) in [5.74, 6) is 0. The van der Waals surface area contributed by atoms with Crippen molar-refractivity contribution in [3.05, 3.63) is 63.8 Å². The Morgan fingerprint density at radius 3 is 2.38 bits per heavy atom. The molecule has 0 radical (unpaired) electrons. The Kier molecular flexibility index (Phi) is 3.64. The minimum atomic E-state index is 0.693. The molecule has 0 fully saturated rings. The van der Waals surface area contributed by atoms with E-state index >= 15 is 0 Å². The largest absolute Gasteiger partial charge is 0.379 e. The zero-order chi connectivity index (χ0) is 15.0. The van der Waals surface area contributed by atoms with Gasteiger partial charge in [0.05, 0.1) is 17.3 Å². The smallest absolute Gasteiger partial charge is 0.0710 e. The van der Waals surface area contributed by atoms with Crippen molar-refractivity contribution >= 4 is 28.2 Å². The molecule has 0 aliphatic carbocycles. The highest BCUT2D eigenvalue weighted by molar-refractivity contribution is 6.36. The molecule has 21 heavy (non-hydrogen) atoms. The van der Waals surface area contributed by atoms with E-state index < -0.39 is 0 Å². The van der Waals surface area contributed by atoms with Crippen LogP contribution in [-0.2, 0) is 6.54 Å². The van der Waals surface area contributed by atoms with Gasteiger partial charge in [0.25, 0.3) is 0 Å². The molecule has 0 atom stereocenters. The molecule has 0 aliphatic rings. The van der Waals surface area contributed by atoms with Crippen molar-refractivity contribution in [1.82, 2.24) is 4.98 Å². The van der Waals surface area contributed by atoms with Crippen molar-refractivity contribution < 1.29 is 0 Å². The Hall–Kier alpha value is -1.93. The summed E-state index contributed by atoms with van der Waals surface area (Å²) in [5.41, 5.74) is 7.11. The fraction of sp³-hybridized carbons (Fsp3) is 0.222. The average Bonchev–Trinajstić information content (AvgIpc) is 2.75. The third-order valence-electron chi connectivity index (χ3n) is 3.83. The number of nitrogens with one attached hydrogen (secondary N) is 2. The van der Waals surface area contributed by atoms with E-state index in [-0.39, 0.29) is 0 Å². The molecule has 2 aromatic carbocycles. The van der Waals surface area contributed by atoms with Crippen molar-refractivity contribution in [2.24, 2.45) is 0 Å². The van der Waals surface area contributed by atoms with Crippen LogP contribution in [0.4, 0.5) is 5.69 Å². The second-order valence-corrected chi connectivity index (χ2v) is 5.97. The lowest BCUT2D eigenvalue weighted by atomic mass is 10.1. The van der Waals surface area contributed by atoms with Crippen LogP contribution in [-0.4, -0.2) is 4.98 Å². The maximum absolute atomic E-state index is 6.46. The van der Waals surface area contributed by atoms with Gasteiger partial charge in [0, 0.05) is 16.6 Å². The first-order valence-corrected chi connectivity index (χ1v) is 7.51. The molecule has 3 heteroatoms. The number of halogens is 1. The minimum Gasteiger partial charge on any atom is -0.379 e. The van der Waals surface area contributed by atoms with E-state index in [1.807, 2.05) is 24.3 Å². The summed E-state index contributed by atoms with van der Waals surface area (Å²) in [6, 6.07) is 12.5. The first-order valence-electron chi connectivity index (χ1n) is 7.13. The molecule has 3 rings (SSSR count). The Morgan fingerprint density at radius 2 is 1.71 bits per heavy atom. The molecule has 2 nitrogen and oxygen atoms in total. The topological polar surface area (TPSA) is 27.8 Å². The van der Waals surface area contributed by atoms with Crippen LogP contribution in [0.2, 0.25) is 5.02 Å². The van der Waals surface area contributed by atoms with Crippen LogP contribution in [0.1, 0.15) is 22.4 Å². The number of H-pyrrole nitrogens is 1. The zero-order valence-electron chi connectivity index (χ0n) is 12.5. The van der Waals surface area contributed by atoms with Crippen LogP contribution >= 0.6 is 11.6 Å². The van der Waals surface area contributed by atoms with Crippen molar-refractivity contribution in [3.8, 4) is 0 Å². The first-order chi connectivity index (χ1) is 10.1. The van der Waals surface area contributed by atoms with Crippen LogP contribution < -0.4 is 5.32 Å². The number of aromatic amines is 1. The fourth-order valence-corrected chi connectivity index (χ4v) is 3.20. The molecular weight excluding hydrogens is 280 g/mol. The van der Waals surface area contributed by atoms with E-state index in [1.54, 1.807) is 0 Å². The van der Waals surface area contributed by atoms with Gasteiger partial charge in [-0.1, -0.05) is 47.5 Å². The highest BCUT2D eigenvalue weighted by atomic mass is 35.5. The molecule has 0 aliphatic heterocycles. The van der Waals surface area contributed by atoms with Crippen LogP contribution in [0.25, 0.3) is 10.9 Å². The number of hydrogen-bond acceptors (Lipinski definition) is 1. The van der Waals surface area contributed by atoms with Crippen molar-refractivity contribution in [2.45, 2.75) is 27.3 Å². The molecule has 0 bridgehead atoms. The number of rotatable bonds is 3. The van der Waals surface area contributed by atoms with Gasteiger partial charge in [-0.3, -0.25) is 0 Å². The Bertz CT molecular complexity index is 779. The minimum absolute atomic E-state index is 0.693. The third kappa shape index (κ3) is 2.64. The number of para-hydroxylation sites is 1. The number of fused-ring (bicyclic) bond motifs is 1. The molecule has 1 aromatic heterocycles. The summed E-state index contributed by atoms with van der Waals surface area (Å²) < 4.78 is 0. The Morgan fingerprint density at radius 1 is 1.05 bits per heavy atom. The van der Waals surface area contributed by atoms with Gasteiger partial charge in [-0.15, -0.1) is 0 Å². The van der Waals surface area contributed by atoms with Gasteiger partial charge in [-0.25, -0.2) is 0 Å². The van der Waals surface area contributed by atoms with Gasteiger partial charge in [0.1, 0.15) is 0 Å². The molecule has 0 amide bonds. The quantitative estimate of drug-likeness (QED) is 0.669. The molecule has 3 aromatic rings. The number of aryl methyl sites for hydroxylation is 3. The van der Waals surface area contributed by atoms with E-state index in [2.05, 4.69) is 43.2 Å². The standard InChI is InChI=1S/C18H19ClN2/c1-11-8-12(2)18(13(3)9-11)20-10-16-17(19)14-6-4-5-7-15(14)21-16/h4-9,20-21H,10H2,1-3H3. The second-order valence-electron chi connectivity index (χ2n) is 5.59. The van der Waals surface area contributed by atoms with Gasteiger partial charge in [0.15, 0.2) is 0 Å². The lowest BCUT2D eigenvalue weighted by molar-refractivity contribution is 1.07. The summed E-state index contributed by atoms with van der Waals surface area (Å²) in [6.07, 6.45) is 0. The van der Waals surface area contributed by atoms with Crippen molar-refractivity contribution in [3.63, 3.8) is 0 Å². The van der Waals surface area contributed by atoms with Gasteiger partial charge in [0.2, 0.25) is 0 Å². The molecule has 0 unspecified atom stereocenters. The lowest BCUT2D eigenvalue weighted by Gasteiger charge is -2.13. The van der Waals surface area contributed by atoms with E-state index in [1.165, 1.54) is 22.4 Å². The summed E-state index contributed by atoms with van der Waals surface area (Å²) in [7, 11) is 0. The first kappa shape index (κ1) is 14.0. The third-order valence-corrected chi connectivity index (χ3v) is 4.26. The molecular formula is C18H19ClN2. The van der Waals surface area contributed by atoms with Gasteiger partial charge >= 0.3 is 0 Å². The van der Waals surface area contributed by atoms with E-state index in [0.29, 0.717) is 6.54 Å². The summed E-state index contributed by atoms with van der Waals surface area (Å²) in [4.78, 5) is 3.39. The fourth-order valence-electron chi connectivity index (χ4n) is 2.92. The predicted octanol–water partition coefficient (Wildman–Crippen LogP) is 5.36. The molecule has 0 spiro atoms. The second kappa shape index (κ2) is 5.45. The SMILES string of the molecule is Cc1cc(C)c(NCc2[nH]c3ccccc3c2Cl)c(C)c1. The van der Waals surface area contributed by atoms with Crippen molar-refractivity contribution in [1.29, 1.82) is 0 Å². The monoisotopic (exact) mass is 298 g/mol. The molecule has 1 heterocycles. The summed E-state index contributed by atoms with van der Waals surface area (Å²) >= 11 is 6.46. The summed E-state index contributed by atoms with van der Waals surface area (Å²) in [6.45, 7) is 7.08. The molecule has 108 valence electrons. The van der Waals surface area contributed by atoms with Crippen LogP contribution in [0.3, 0.4) is 0 Å². The summed E-state index contributed by atoms with van der Waals surface area (Å²) in [5, 5.41) is 5.39. The van der Waals surface area contributed by atoms with E-state index in [0.717, 1.165) is 21.6 Å². The zero-order valence-corrected chi connectivity index (χ0v) is 13.3. The molecule has 0 saturated carbocycles. The van der Waals surface area contributed by atoms with E-state index in [9.17, 15) is 0 Å². The maximum atomic E-state index is 6.46. The average molecular weight is 299 g/mol. The predicted molar refractivity (Wildman–Crippen MR) is 91.3 cm³/mol. The Balaban J connectivity index is 1.89. The van der Waals surface area contributed by atoms with E-state index in [4.69, 9.17) is 11.6 Å². The Labute approximate surface area is 130 Å². The molecule has 2 N–H and O–H groups in total. The van der Waals surface area contributed by atoms with Crippen LogP contribution in [0.5, 0.6) is 0 Å². The van der Waals surface area contributed by atoms with Gasteiger partial charge < -0.3 is 10.3 Å². The van der Waals surface area contributed by atoms with Gasteiger partial charge in [-0.05, 0) is 38.0 Å². The number of benzene rings is 2.